The maximum absolute atomic E-state index is 5.71. The van der Waals surface area contributed by atoms with E-state index in [9.17, 15) is 0 Å². The van der Waals surface area contributed by atoms with Gasteiger partial charge in [0.25, 0.3) is 0 Å². The maximum Gasteiger partial charge on any atom is 0.142 e. The predicted molar refractivity (Wildman–Crippen MR) is 67.9 cm³/mol. The Bertz CT molecular complexity index is 353. The molecule has 90 valence electrons. The Morgan fingerprint density at radius 2 is 2.44 bits per heavy atom. The van der Waals surface area contributed by atoms with Crippen molar-refractivity contribution in [3.63, 3.8) is 0 Å². The van der Waals surface area contributed by atoms with E-state index in [4.69, 9.17) is 10.5 Å². The Kier molecular flexibility index (Phi) is 3.66. The molecule has 16 heavy (non-hydrogen) atoms. The minimum atomic E-state index is 0.415. The number of nitrogens with one attached hydrogen (secondary N) is 1. The lowest BCUT2D eigenvalue weighted by molar-refractivity contribution is 0.0900. The Hall–Kier alpha value is -0.810. The highest BCUT2D eigenvalue weighted by atomic mass is 32.1. The van der Waals surface area contributed by atoms with Crippen LogP contribution in [0.25, 0.3) is 0 Å². The molecular weight excluding hydrogens is 222 g/mol. The van der Waals surface area contributed by atoms with Crippen molar-refractivity contribution in [2.45, 2.75) is 32.8 Å². The summed E-state index contributed by atoms with van der Waals surface area (Å²) in [5.74, 6) is 1.26. The van der Waals surface area contributed by atoms with E-state index >= 15 is 0 Å². The molecule has 3 N–H and O–H groups in total. The fraction of sp³-hybridized carbons (Fsp3) is 0.727. The number of hydrogen-bond acceptors (Lipinski definition) is 5. The van der Waals surface area contributed by atoms with Gasteiger partial charge in [-0.25, -0.2) is 0 Å². The first-order chi connectivity index (χ1) is 7.72. The van der Waals surface area contributed by atoms with Gasteiger partial charge in [0.15, 0.2) is 0 Å². The van der Waals surface area contributed by atoms with Gasteiger partial charge in [-0.3, -0.25) is 0 Å². The van der Waals surface area contributed by atoms with Gasteiger partial charge >= 0.3 is 0 Å². The van der Waals surface area contributed by atoms with Gasteiger partial charge in [-0.05, 0) is 31.3 Å². The van der Waals surface area contributed by atoms with Gasteiger partial charge in [0, 0.05) is 24.6 Å². The van der Waals surface area contributed by atoms with Crippen molar-refractivity contribution < 1.29 is 4.74 Å². The van der Waals surface area contributed by atoms with E-state index < -0.39 is 0 Å². The van der Waals surface area contributed by atoms with E-state index in [2.05, 4.69) is 16.6 Å². The Morgan fingerprint density at radius 3 is 3.06 bits per heavy atom. The summed E-state index contributed by atoms with van der Waals surface area (Å²) in [5, 5.41) is 4.53. The van der Waals surface area contributed by atoms with Crippen LogP contribution in [-0.4, -0.2) is 23.6 Å². The molecule has 2 heterocycles. The summed E-state index contributed by atoms with van der Waals surface area (Å²) >= 11 is 1.44. The summed E-state index contributed by atoms with van der Waals surface area (Å²) in [7, 11) is 0. The first kappa shape index (κ1) is 11.7. The average Bonchev–Trinajstić information content (AvgIpc) is 2.86. The van der Waals surface area contributed by atoms with Gasteiger partial charge in [-0.15, -0.1) is 0 Å². The molecule has 1 aromatic rings. The topological polar surface area (TPSA) is 60.2 Å². The number of hydrogen-bond donors (Lipinski definition) is 2. The number of nitrogens with two attached hydrogens (primary N) is 1. The molecule has 0 saturated carbocycles. The summed E-state index contributed by atoms with van der Waals surface area (Å²) in [6, 6.07) is 0. The number of aromatic nitrogens is 1. The second-order valence-electron chi connectivity index (χ2n) is 4.27. The molecule has 1 saturated heterocycles. The number of ether oxygens (including phenoxy) is 1. The molecule has 1 aliphatic heterocycles. The molecule has 2 rings (SSSR count). The molecule has 0 aliphatic carbocycles. The third kappa shape index (κ3) is 2.30. The van der Waals surface area contributed by atoms with Crippen molar-refractivity contribution in [1.82, 2.24) is 4.37 Å². The van der Waals surface area contributed by atoms with Crippen molar-refractivity contribution in [3.8, 4) is 0 Å². The second kappa shape index (κ2) is 5.01. The molecule has 1 aromatic heterocycles. The lowest BCUT2D eigenvalue weighted by Crippen LogP contribution is -2.22. The van der Waals surface area contributed by atoms with E-state index in [-0.39, 0.29) is 0 Å². The number of nitrogen functional groups attached to an aromatic ring is 1. The molecule has 0 aromatic carbocycles. The molecule has 4 nitrogen and oxygen atoms in total. The van der Waals surface area contributed by atoms with Crippen LogP contribution in [0.2, 0.25) is 0 Å². The van der Waals surface area contributed by atoms with Crippen LogP contribution in [0.5, 0.6) is 0 Å². The second-order valence-corrected chi connectivity index (χ2v) is 5.04. The van der Waals surface area contributed by atoms with E-state index in [1.54, 1.807) is 0 Å². The van der Waals surface area contributed by atoms with E-state index in [0.29, 0.717) is 17.8 Å². The van der Waals surface area contributed by atoms with Crippen LogP contribution in [0.4, 0.5) is 10.8 Å². The normalized spacial score (nSPS) is 24.9. The molecule has 1 fully saturated rings. The van der Waals surface area contributed by atoms with E-state index in [1.165, 1.54) is 11.5 Å². The lowest BCUT2D eigenvalue weighted by atomic mass is 10.00. The molecule has 2 unspecified atom stereocenters. The predicted octanol–water partition coefficient (Wildman–Crippen LogP) is 2.26. The average molecular weight is 241 g/mol. The molecular formula is C11H19N3OS. The van der Waals surface area contributed by atoms with E-state index in [1.807, 2.05) is 6.92 Å². The summed E-state index contributed by atoms with van der Waals surface area (Å²) in [4.78, 5) is 0. The van der Waals surface area contributed by atoms with Crippen LogP contribution >= 0.6 is 11.5 Å². The van der Waals surface area contributed by atoms with Crippen LogP contribution < -0.4 is 11.1 Å². The summed E-state index contributed by atoms with van der Waals surface area (Å²) < 4.78 is 9.79. The van der Waals surface area contributed by atoms with E-state index in [0.717, 1.165) is 36.6 Å². The van der Waals surface area contributed by atoms with Crippen LogP contribution in [-0.2, 0) is 4.74 Å². The van der Waals surface area contributed by atoms with Crippen LogP contribution in [0.1, 0.15) is 25.3 Å². The zero-order valence-electron chi connectivity index (χ0n) is 9.82. The molecule has 0 bridgehead atoms. The Labute approximate surface area is 100 Å². The minimum absolute atomic E-state index is 0.415. The van der Waals surface area contributed by atoms with Crippen molar-refractivity contribution in [1.29, 1.82) is 0 Å². The van der Waals surface area contributed by atoms with Crippen molar-refractivity contribution in [2.75, 3.05) is 24.2 Å². The summed E-state index contributed by atoms with van der Waals surface area (Å²) in [6.45, 7) is 6.04. The Balaban J connectivity index is 1.89. The standard InChI is InChI=1S/C11H19N3OS/c1-3-9-8(4-5-15-9)6-13-11-7(2)10(12)14-16-11/h8-9,13H,3-6H2,1-2H3,(H2,12,14). The number of nitrogens with zero attached hydrogens (tertiary/aromatic N) is 1. The smallest absolute Gasteiger partial charge is 0.142 e. The zero-order valence-corrected chi connectivity index (χ0v) is 10.6. The van der Waals surface area contributed by atoms with Gasteiger partial charge < -0.3 is 15.8 Å². The molecule has 0 spiro atoms. The van der Waals surface area contributed by atoms with Gasteiger partial charge in [-0.1, -0.05) is 6.92 Å². The van der Waals surface area contributed by atoms with Crippen LogP contribution in [0.15, 0.2) is 0 Å². The van der Waals surface area contributed by atoms with Crippen LogP contribution in [0.3, 0.4) is 0 Å². The van der Waals surface area contributed by atoms with Gasteiger partial charge in [0.1, 0.15) is 10.8 Å². The molecule has 1 aliphatic rings. The first-order valence-corrected chi connectivity index (χ1v) is 6.57. The number of rotatable bonds is 4. The fourth-order valence-corrected chi connectivity index (χ4v) is 2.83. The third-order valence-electron chi connectivity index (χ3n) is 3.23. The zero-order chi connectivity index (χ0) is 11.5. The maximum atomic E-state index is 5.71. The first-order valence-electron chi connectivity index (χ1n) is 5.79. The molecule has 2 atom stereocenters. The lowest BCUT2D eigenvalue weighted by Gasteiger charge is -2.17. The molecule has 0 amide bonds. The summed E-state index contributed by atoms with van der Waals surface area (Å²) in [5.41, 5.74) is 6.78. The minimum Gasteiger partial charge on any atom is -0.383 e. The van der Waals surface area contributed by atoms with Crippen LogP contribution in [0, 0.1) is 12.8 Å². The van der Waals surface area contributed by atoms with Gasteiger partial charge in [0.05, 0.1) is 6.10 Å². The fourth-order valence-electron chi connectivity index (χ4n) is 2.11. The highest BCUT2D eigenvalue weighted by molar-refractivity contribution is 7.10. The van der Waals surface area contributed by atoms with Crippen molar-refractivity contribution >= 4 is 22.4 Å². The van der Waals surface area contributed by atoms with Crippen molar-refractivity contribution in [2.24, 2.45) is 5.92 Å². The van der Waals surface area contributed by atoms with Gasteiger partial charge in [0.2, 0.25) is 0 Å². The quantitative estimate of drug-likeness (QED) is 0.849. The monoisotopic (exact) mass is 241 g/mol. The highest BCUT2D eigenvalue weighted by Crippen LogP contribution is 2.28. The van der Waals surface area contributed by atoms with Gasteiger partial charge in [-0.2, -0.15) is 4.37 Å². The third-order valence-corrected chi connectivity index (χ3v) is 4.15. The molecule has 5 heteroatoms. The van der Waals surface area contributed by atoms with Crippen molar-refractivity contribution in [3.05, 3.63) is 5.56 Å². The largest absolute Gasteiger partial charge is 0.383 e. The summed E-state index contributed by atoms with van der Waals surface area (Å²) in [6.07, 6.45) is 2.66. The number of anilines is 2. The SMILES string of the molecule is CCC1OCCC1CNc1snc(N)c1C. The molecule has 0 radical (unpaired) electrons. The Morgan fingerprint density at radius 1 is 1.62 bits per heavy atom. The highest BCUT2D eigenvalue weighted by Gasteiger charge is 2.26.